The highest BCUT2D eigenvalue weighted by Gasteiger charge is 2.59. The number of hydrogen-bond acceptors (Lipinski definition) is 5. The molecule has 4 saturated carbocycles. The summed E-state index contributed by atoms with van der Waals surface area (Å²) < 4.78 is 59.3. The van der Waals surface area contributed by atoms with Gasteiger partial charge in [0.25, 0.3) is 5.91 Å². The zero-order valence-corrected chi connectivity index (χ0v) is 18.9. The second-order valence-corrected chi connectivity index (χ2v) is 10.2. The number of aryl methyl sites for hydroxylation is 1. The zero-order valence-electron chi connectivity index (χ0n) is 18.9. The van der Waals surface area contributed by atoms with E-state index in [2.05, 4.69) is 20.6 Å². The van der Waals surface area contributed by atoms with Crippen LogP contribution in [0.3, 0.4) is 0 Å². The Kier molecular flexibility index (Phi) is 5.48. The van der Waals surface area contributed by atoms with Crippen LogP contribution in [0.15, 0.2) is 30.6 Å². The third-order valence-corrected chi connectivity index (χ3v) is 7.29. The van der Waals surface area contributed by atoms with E-state index >= 15 is 0 Å². The second kappa shape index (κ2) is 8.17. The van der Waals surface area contributed by atoms with Gasteiger partial charge in [-0.3, -0.25) is 9.78 Å². The van der Waals surface area contributed by atoms with Crippen LogP contribution in [-0.4, -0.2) is 33.0 Å². The van der Waals surface area contributed by atoms with Crippen molar-refractivity contribution in [2.45, 2.75) is 62.7 Å². The lowest BCUT2D eigenvalue weighted by molar-refractivity contribution is -0.140. The van der Waals surface area contributed by atoms with Gasteiger partial charge in [0, 0.05) is 17.3 Å². The number of nitrogens with zero attached hydrogens (tertiary/aromatic N) is 2. The van der Waals surface area contributed by atoms with Crippen molar-refractivity contribution in [3.63, 3.8) is 0 Å². The van der Waals surface area contributed by atoms with E-state index in [1.165, 1.54) is 12.4 Å². The highest BCUT2D eigenvalue weighted by atomic mass is 19.4. The molecule has 4 aliphatic carbocycles. The lowest BCUT2D eigenvalue weighted by atomic mass is 9.50. The van der Waals surface area contributed by atoms with Crippen LogP contribution in [0.2, 0.25) is 0 Å². The van der Waals surface area contributed by atoms with Crippen LogP contribution in [-0.2, 0) is 6.18 Å². The molecule has 1 aromatic carbocycles. The Morgan fingerprint density at radius 2 is 1.71 bits per heavy atom. The fourth-order valence-corrected chi connectivity index (χ4v) is 6.62. The first-order valence-electron chi connectivity index (χ1n) is 11.4. The van der Waals surface area contributed by atoms with E-state index in [4.69, 9.17) is 4.74 Å². The molecule has 1 aromatic heterocycles. The molecule has 6 rings (SSSR count). The van der Waals surface area contributed by atoms with Crippen LogP contribution in [0.4, 0.5) is 22.4 Å². The van der Waals surface area contributed by atoms with Gasteiger partial charge < -0.3 is 15.4 Å². The Morgan fingerprint density at radius 3 is 2.34 bits per heavy atom. The van der Waals surface area contributed by atoms with Crippen molar-refractivity contribution >= 4 is 12.0 Å². The Morgan fingerprint density at radius 1 is 1.06 bits per heavy atom. The fraction of sp³-hybridized carbons (Fsp3) is 0.500. The van der Waals surface area contributed by atoms with Crippen molar-refractivity contribution in [3.05, 3.63) is 53.2 Å². The Hall–Kier alpha value is -3.24. The largest absolute Gasteiger partial charge is 0.419 e. The first-order valence-corrected chi connectivity index (χ1v) is 11.4. The van der Waals surface area contributed by atoms with Gasteiger partial charge in [-0.05, 0) is 69.4 Å². The molecule has 186 valence electrons. The molecule has 7 nitrogen and oxygen atoms in total. The van der Waals surface area contributed by atoms with E-state index in [9.17, 15) is 27.2 Å². The second-order valence-electron chi connectivity index (χ2n) is 10.2. The highest BCUT2D eigenvalue weighted by molar-refractivity contribution is 5.95. The lowest BCUT2D eigenvalue weighted by Crippen LogP contribution is -2.70. The molecule has 4 fully saturated rings. The Bertz CT molecular complexity index is 1170. The molecule has 2 aromatic rings. The molecule has 4 aliphatic rings. The average Bonchev–Trinajstić information content (AvgIpc) is 2.71. The number of carbonyl (C=O) groups is 2. The van der Waals surface area contributed by atoms with E-state index in [0.717, 1.165) is 18.6 Å². The summed E-state index contributed by atoms with van der Waals surface area (Å²) in [5.41, 5.74) is -2.92. The van der Waals surface area contributed by atoms with Gasteiger partial charge >= 0.3 is 12.3 Å². The average molecular weight is 492 g/mol. The zero-order chi connectivity index (χ0) is 25.0. The number of benzene rings is 1. The van der Waals surface area contributed by atoms with Crippen LogP contribution in [0.5, 0.6) is 5.88 Å². The molecular formula is C24H24F4N4O3. The molecule has 4 bridgehead atoms. The fourth-order valence-electron chi connectivity index (χ4n) is 6.62. The van der Waals surface area contributed by atoms with Crippen molar-refractivity contribution in [2.75, 3.05) is 0 Å². The Labute approximate surface area is 198 Å². The molecule has 35 heavy (non-hydrogen) atoms. The predicted molar refractivity (Wildman–Crippen MR) is 115 cm³/mol. The van der Waals surface area contributed by atoms with Crippen molar-refractivity contribution in [2.24, 2.45) is 11.8 Å². The van der Waals surface area contributed by atoms with Crippen LogP contribution in [0.1, 0.15) is 60.1 Å². The molecule has 2 N–H and O–H groups in total. The van der Waals surface area contributed by atoms with Crippen molar-refractivity contribution in [3.8, 4) is 5.88 Å². The van der Waals surface area contributed by atoms with Gasteiger partial charge in [0.2, 0.25) is 5.88 Å². The number of amides is 2. The van der Waals surface area contributed by atoms with E-state index in [1.807, 2.05) is 0 Å². The molecule has 0 radical (unpaired) electrons. The van der Waals surface area contributed by atoms with Crippen molar-refractivity contribution < 1.29 is 31.9 Å². The summed E-state index contributed by atoms with van der Waals surface area (Å²) in [5, 5.41) is 5.82. The van der Waals surface area contributed by atoms with Gasteiger partial charge in [-0.15, -0.1) is 0 Å². The maximum atomic E-state index is 14.6. The molecular weight excluding hydrogens is 468 g/mol. The van der Waals surface area contributed by atoms with Crippen LogP contribution in [0.25, 0.3) is 0 Å². The van der Waals surface area contributed by atoms with Gasteiger partial charge in [-0.2, -0.15) is 13.2 Å². The van der Waals surface area contributed by atoms with Gasteiger partial charge in [0.05, 0.1) is 23.0 Å². The van der Waals surface area contributed by atoms with Crippen LogP contribution >= 0.6 is 0 Å². The molecule has 0 saturated heterocycles. The number of carbonyl (C=O) groups excluding carboxylic acids is 2. The molecule has 2 atom stereocenters. The SMILES string of the molecule is Cc1cncc(OC(=O)NC23CC4CC(C2)CC(NC(=O)c2cccc(C(F)(F)F)c2F)(C4)C3)n1. The van der Waals surface area contributed by atoms with Gasteiger partial charge in [-0.1, -0.05) is 6.07 Å². The quantitative estimate of drug-likeness (QED) is 0.611. The third kappa shape index (κ3) is 4.55. The molecule has 0 spiro atoms. The normalized spacial score (nSPS) is 29.1. The number of halogens is 4. The smallest absolute Gasteiger partial charge is 0.390 e. The van der Waals surface area contributed by atoms with Gasteiger partial charge in [0.15, 0.2) is 0 Å². The summed E-state index contributed by atoms with van der Waals surface area (Å²) >= 11 is 0. The molecule has 11 heteroatoms. The van der Waals surface area contributed by atoms with E-state index in [1.54, 1.807) is 6.92 Å². The highest BCUT2D eigenvalue weighted by Crippen LogP contribution is 2.57. The third-order valence-electron chi connectivity index (χ3n) is 7.29. The number of alkyl halides is 3. The molecule has 2 amide bonds. The standard InChI is InChI=1S/C24H24F4N4O3/c1-13-10-29-11-18(30-13)35-21(34)32-23-8-14-5-15(9-23)7-22(6-14,12-23)31-20(33)16-3-2-4-17(19(16)25)24(26,27)28/h2-4,10-11,14-15H,5-9,12H2,1H3,(H,31,33)(H,32,34). The molecule has 0 aliphatic heterocycles. The predicted octanol–water partition coefficient (Wildman–Crippen LogP) is 4.55. The minimum atomic E-state index is -4.91. The van der Waals surface area contributed by atoms with Crippen LogP contribution < -0.4 is 15.4 Å². The summed E-state index contributed by atoms with van der Waals surface area (Å²) in [6.07, 6.45) is 1.25. The number of hydrogen-bond donors (Lipinski definition) is 2. The molecule has 1 heterocycles. The van der Waals surface area contributed by atoms with Crippen molar-refractivity contribution in [1.29, 1.82) is 0 Å². The molecule has 2 unspecified atom stereocenters. The maximum absolute atomic E-state index is 14.6. The summed E-state index contributed by atoms with van der Waals surface area (Å²) in [7, 11) is 0. The lowest BCUT2D eigenvalue weighted by Gasteiger charge is -2.62. The number of aromatic nitrogens is 2. The minimum absolute atomic E-state index is 0.0651. The summed E-state index contributed by atoms with van der Waals surface area (Å²) in [5.74, 6) is -1.99. The topological polar surface area (TPSA) is 93.2 Å². The summed E-state index contributed by atoms with van der Waals surface area (Å²) in [6, 6.07) is 2.68. The van der Waals surface area contributed by atoms with Crippen LogP contribution in [0, 0.1) is 24.6 Å². The monoisotopic (exact) mass is 492 g/mol. The van der Waals surface area contributed by atoms with E-state index in [0.29, 0.717) is 43.9 Å². The van der Waals surface area contributed by atoms with Gasteiger partial charge in [-0.25, -0.2) is 14.2 Å². The number of nitrogens with one attached hydrogen (secondary N) is 2. The minimum Gasteiger partial charge on any atom is -0.390 e. The van der Waals surface area contributed by atoms with Gasteiger partial charge in [0.1, 0.15) is 5.82 Å². The number of rotatable bonds is 4. The first kappa shape index (κ1) is 23.5. The Balaban J connectivity index is 1.35. The van der Waals surface area contributed by atoms with Crippen molar-refractivity contribution in [1.82, 2.24) is 20.6 Å². The first-order chi connectivity index (χ1) is 16.5. The number of ether oxygens (including phenoxy) is 1. The summed E-state index contributed by atoms with van der Waals surface area (Å²) in [4.78, 5) is 33.7. The summed E-state index contributed by atoms with van der Waals surface area (Å²) in [6.45, 7) is 1.72. The van der Waals surface area contributed by atoms with E-state index < -0.39 is 46.2 Å². The maximum Gasteiger partial charge on any atom is 0.419 e. The van der Waals surface area contributed by atoms with E-state index in [-0.39, 0.29) is 17.7 Å².